The predicted octanol–water partition coefficient (Wildman–Crippen LogP) is 1.39. The monoisotopic (exact) mass is 166 g/mol. The first-order valence-electron chi connectivity index (χ1n) is 4.18. The van der Waals surface area contributed by atoms with Gasteiger partial charge >= 0.3 is 0 Å². The highest BCUT2D eigenvalue weighted by Gasteiger charge is 2.06. The van der Waals surface area contributed by atoms with Crippen molar-refractivity contribution in [3.63, 3.8) is 0 Å². The number of nitrogens with zero attached hydrogens (tertiary/aromatic N) is 1. The Hall–Kier alpha value is -1.12. The van der Waals surface area contributed by atoms with Crippen LogP contribution in [0, 0.1) is 0 Å². The zero-order chi connectivity index (χ0) is 8.97. The fraction of sp³-hybridized carbons (Fsp3) is 0.556. The lowest BCUT2D eigenvalue weighted by Crippen LogP contribution is -2.08. The summed E-state index contributed by atoms with van der Waals surface area (Å²) in [6, 6.07) is 0. The lowest BCUT2D eigenvalue weighted by Gasteiger charge is -1.98. The van der Waals surface area contributed by atoms with Crippen molar-refractivity contribution in [3.8, 4) is 0 Å². The summed E-state index contributed by atoms with van der Waals surface area (Å²) < 4.78 is 0. The zero-order valence-corrected chi connectivity index (χ0v) is 7.34. The van der Waals surface area contributed by atoms with Gasteiger partial charge in [-0.05, 0) is 25.3 Å². The molecule has 0 aromatic rings. The van der Waals surface area contributed by atoms with Gasteiger partial charge in [0.25, 0.3) is 0 Å². The number of Topliss-reactive ketones (excluding diaryl/α,β-unsaturated/α-hetero) is 1. The molecule has 0 bridgehead atoms. The molecule has 12 heavy (non-hydrogen) atoms. The minimum absolute atomic E-state index is 0.252. The van der Waals surface area contributed by atoms with Gasteiger partial charge in [-0.15, -0.1) is 0 Å². The van der Waals surface area contributed by atoms with Gasteiger partial charge < -0.3 is 10.5 Å². The Balaban J connectivity index is 2.14. The van der Waals surface area contributed by atoms with Gasteiger partial charge in [0.2, 0.25) is 0 Å². The van der Waals surface area contributed by atoms with Crippen LogP contribution in [0.4, 0.5) is 0 Å². The van der Waals surface area contributed by atoms with Crippen LogP contribution in [-0.2, 0) is 4.79 Å². The minimum Gasteiger partial charge on any atom is -0.387 e. The van der Waals surface area contributed by atoms with Crippen LogP contribution in [0.15, 0.2) is 16.8 Å². The van der Waals surface area contributed by atoms with Crippen LogP contribution >= 0.6 is 0 Å². The number of aliphatic imine (C=N–C) groups is 1. The van der Waals surface area contributed by atoms with E-state index in [-0.39, 0.29) is 5.78 Å². The summed E-state index contributed by atoms with van der Waals surface area (Å²) in [6.45, 7) is 1.62. The third-order valence-corrected chi connectivity index (χ3v) is 1.85. The van der Waals surface area contributed by atoms with Crippen LogP contribution in [0.25, 0.3) is 0 Å². The van der Waals surface area contributed by atoms with Crippen molar-refractivity contribution in [1.29, 1.82) is 0 Å². The van der Waals surface area contributed by atoms with Gasteiger partial charge in [0, 0.05) is 19.0 Å². The molecule has 0 spiro atoms. The van der Waals surface area contributed by atoms with E-state index >= 15 is 0 Å². The Morgan fingerprint density at radius 2 is 2.50 bits per heavy atom. The Kier molecular flexibility index (Phi) is 3.02. The Bertz CT molecular complexity index is 241. The summed E-state index contributed by atoms with van der Waals surface area (Å²) in [6.07, 6.45) is 5.14. The molecule has 1 aliphatic heterocycles. The molecule has 66 valence electrons. The van der Waals surface area contributed by atoms with Crippen molar-refractivity contribution in [2.24, 2.45) is 10.7 Å². The van der Waals surface area contributed by atoms with Gasteiger partial charge in [-0.3, -0.25) is 0 Å². The predicted molar refractivity (Wildman–Crippen MR) is 48.9 cm³/mol. The highest BCUT2D eigenvalue weighted by molar-refractivity contribution is 5.85. The van der Waals surface area contributed by atoms with E-state index in [4.69, 9.17) is 5.73 Å². The van der Waals surface area contributed by atoms with Gasteiger partial charge in [0.05, 0.1) is 0 Å². The van der Waals surface area contributed by atoms with Crippen LogP contribution in [0.5, 0.6) is 0 Å². The maximum atomic E-state index is 10.6. The number of amidine groups is 1. The van der Waals surface area contributed by atoms with Crippen molar-refractivity contribution in [2.45, 2.75) is 32.6 Å². The van der Waals surface area contributed by atoms with E-state index in [1.165, 1.54) is 5.57 Å². The molecule has 0 saturated carbocycles. The molecule has 1 aliphatic rings. The summed E-state index contributed by atoms with van der Waals surface area (Å²) in [7, 11) is 0. The summed E-state index contributed by atoms with van der Waals surface area (Å²) in [5, 5.41) is 0. The molecule has 0 aliphatic carbocycles. The normalized spacial score (nSPS) is 15.8. The summed E-state index contributed by atoms with van der Waals surface area (Å²) >= 11 is 0. The molecule has 0 radical (unpaired) electrons. The smallest absolute Gasteiger partial charge is 0.129 e. The maximum absolute atomic E-state index is 10.6. The molecule has 0 fully saturated rings. The van der Waals surface area contributed by atoms with E-state index in [0.717, 1.165) is 19.3 Å². The third-order valence-electron chi connectivity index (χ3n) is 1.85. The summed E-state index contributed by atoms with van der Waals surface area (Å²) in [5.74, 6) is 0.940. The highest BCUT2D eigenvalue weighted by Crippen LogP contribution is 2.16. The van der Waals surface area contributed by atoms with Crippen LogP contribution < -0.4 is 5.73 Å². The number of hydrogen-bond donors (Lipinski definition) is 1. The standard InChI is InChI=1S/C9H14N2O/c1-7(12)3-2-4-8-5-9(10)11-6-8/h6H,2-5H2,1H3,(H2,10,11). The van der Waals surface area contributed by atoms with E-state index in [0.29, 0.717) is 12.3 Å². The molecule has 0 unspecified atom stereocenters. The van der Waals surface area contributed by atoms with E-state index in [2.05, 4.69) is 4.99 Å². The van der Waals surface area contributed by atoms with E-state index in [9.17, 15) is 4.79 Å². The van der Waals surface area contributed by atoms with Crippen molar-refractivity contribution in [2.75, 3.05) is 0 Å². The minimum atomic E-state index is 0.252. The Labute approximate surface area is 72.4 Å². The number of carbonyl (C=O) groups excluding carboxylic acids is 1. The molecule has 0 aromatic heterocycles. The molecule has 1 rings (SSSR count). The second-order valence-electron chi connectivity index (χ2n) is 3.14. The number of carbonyl (C=O) groups is 1. The molecule has 0 atom stereocenters. The number of rotatable bonds is 4. The van der Waals surface area contributed by atoms with Gasteiger partial charge in [-0.1, -0.05) is 0 Å². The quantitative estimate of drug-likeness (QED) is 0.686. The van der Waals surface area contributed by atoms with Crippen LogP contribution in [-0.4, -0.2) is 11.6 Å². The fourth-order valence-corrected chi connectivity index (χ4v) is 1.22. The molecule has 0 amide bonds. The van der Waals surface area contributed by atoms with Crippen LogP contribution in [0.2, 0.25) is 0 Å². The van der Waals surface area contributed by atoms with E-state index in [1.807, 2.05) is 6.20 Å². The van der Waals surface area contributed by atoms with Gasteiger partial charge in [-0.2, -0.15) is 0 Å². The maximum Gasteiger partial charge on any atom is 0.129 e. The van der Waals surface area contributed by atoms with Crippen LogP contribution in [0.3, 0.4) is 0 Å². The van der Waals surface area contributed by atoms with E-state index in [1.54, 1.807) is 6.92 Å². The average Bonchev–Trinajstić information content (AvgIpc) is 2.35. The van der Waals surface area contributed by atoms with Gasteiger partial charge in [-0.25, -0.2) is 4.99 Å². The van der Waals surface area contributed by atoms with Crippen molar-refractivity contribution in [3.05, 3.63) is 11.8 Å². The lowest BCUT2D eigenvalue weighted by atomic mass is 10.1. The summed E-state index contributed by atoms with van der Waals surface area (Å²) in [4.78, 5) is 14.6. The molecule has 0 aromatic carbocycles. The van der Waals surface area contributed by atoms with Crippen molar-refractivity contribution < 1.29 is 4.79 Å². The SMILES string of the molecule is CC(=O)CCCC1=CN=C(N)C1. The molecular formula is C9H14N2O. The molecule has 1 heterocycles. The molecule has 3 heteroatoms. The molecular weight excluding hydrogens is 152 g/mol. The van der Waals surface area contributed by atoms with Crippen molar-refractivity contribution >= 4 is 11.6 Å². The average molecular weight is 166 g/mol. The number of nitrogens with two attached hydrogens (primary N) is 1. The topological polar surface area (TPSA) is 55.5 Å². The molecule has 0 saturated heterocycles. The number of ketones is 1. The van der Waals surface area contributed by atoms with E-state index < -0.39 is 0 Å². The molecule has 2 N–H and O–H groups in total. The fourth-order valence-electron chi connectivity index (χ4n) is 1.22. The zero-order valence-electron chi connectivity index (χ0n) is 7.34. The first-order valence-corrected chi connectivity index (χ1v) is 4.18. The van der Waals surface area contributed by atoms with Crippen LogP contribution in [0.1, 0.15) is 32.6 Å². The second-order valence-corrected chi connectivity index (χ2v) is 3.14. The second kappa shape index (κ2) is 4.04. The largest absolute Gasteiger partial charge is 0.387 e. The highest BCUT2D eigenvalue weighted by atomic mass is 16.1. The van der Waals surface area contributed by atoms with Gasteiger partial charge in [0.1, 0.15) is 11.6 Å². The number of hydrogen-bond acceptors (Lipinski definition) is 3. The first kappa shape index (κ1) is 8.97. The van der Waals surface area contributed by atoms with Crippen molar-refractivity contribution in [1.82, 2.24) is 0 Å². The first-order chi connectivity index (χ1) is 5.68. The molecule has 3 nitrogen and oxygen atoms in total. The summed E-state index contributed by atoms with van der Waals surface area (Å²) in [5.41, 5.74) is 6.73. The Morgan fingerprint density at radius 1 is 1.75 bits per heavy atom. The third kappa shape index (κ3) is 2.86. The Morgan fingerprint density at radius 3 is 3.00 bits per heavy atom. The van der Waals surface area contributed by atoms with Gasteiger partial charge in [0.15, 0.2) is 0 Å². The lowest BCUT2D eigenvalue weighted by molar-refractivity contribution is -0.117.